The highest BCUT2D eigenvalue weighted by atomic mass is 19.1. The topological polar surface area (TPSA) is 21.3 Å². The lowest BCUT2D eigenvalue weighted by molar-refractivity contribution is 0.191. The molecular formula is C15H23F2NO. The zero-order valence-corrected chi connectivity index (χ0v) is 11.9. The van der Waals surface area contributed by atoms with Crippen LogP contribution in [0.15, 0.2) is 18.2 Å². The molecule has 0 amide bonds. The molecule has 0 spiro atoms. The maximum atomic E-state index is 13.7. The number of benzene rings is 1. The Morgan fingerprint density at radius 2 is 2.05 bits per heavy atom. The fourth-order valence-electron chi connectivity index (χ4n) is 2.00. The summed E-state index contributed by atoms with van der Waals surface area (Å²) in [7, 11) is 1.66. The van der Waals surface area contributed by atoms with Crippen LogP contribution in [0.5, 0.6) is 0 Å². The molecule has 0 heterocycles. The number of nitrogens with one attached hydrogen (secondary N) is 1. The van der Waals surface area contributed by atoms with Gasteiger partial charge in [-0.1, -0.05) is 19.9 Å². The predicted molar refractivity (Wildman–Crippen MR) is 73.2 cm³/mol. The molecule has 0 bridgehead atoms. The molecule has 108 valence electrons. The van der Waals surface area contributed by atoms with Crippen LogP contribution in [0.2, 0.25) is 0 Å². The van der Waals surface area contributed by atoms with Crippen molar-refractivity contribution >= 4 is 0 Å². The zero-order chi connectivity index (χ0) is 14.3. The van der Waals surface area contributed by atoms with E-state index in [2.05, 4.69) is 19.2 Å². The van der Waals surface area contributed by atoms with Gasteiger partial charge in [-0.25, -0.2) is 8.78 Å². The Kier molecular flexibility index (Phi) is 6.38. The van der Waals surface area contributed by atoms with Gasteiger partial charge in [0.1, 0.15) is 11.6 Å². The Bertz CT molecular complexity index is 398. The third-order valence-corrected chi connectivity index (χ3v) is 3.52. The fourth-order valence-corrected chi connectivity index (χ4v) is 2.00. The van der Waals surface area contributed by atoms with E-state index in [0.29, 0.717) is 18.6 Å². The molecule has 0 saturated carbocycles. The van der Waals surface area contributed by atoms with E-state index >= 15 is 0 Å². The summed E-state index contributed by atoms with van der Waals surface area (Å²) in [6, 6.07) is 3.80. The molecule has 1 aromatic carbocycles. The largest absolute Gasteiger partial charge is 0.383 e. The molecule has 19 heavy (non-hydrogen) atoms. The average Bonchev–Trinajstić information content (AvgIpc) is 2.38. The van der Waals surface area contributed by atoms with Gasteiger partial charge in [0.05, 0.1) is 6.61 Å². The molecule has 1 aromatic rings. The van der Waals surface area contributed by atoms with E-state index in [9.17, 15) is 8.78 Å². The monoisotopic (exact) mass is 271 g/mol. The van der Waals surface area contributed by atoms with E-state index in [1.165, 1.54) is 12.1 Å². The summed E-state index contributed by atoms with van der Waals surface area (Å²) in [6.45, 7) is 6.40. The van der Waals surface area contributed by atoms with Crippen molar-refractivity contribution in [3.05, 3.63) is 35.4 Å². The number of hydrogen-bond donors (Lipinski definition) is 1. The van der Waals surface area contributed by atoms with Gasteiger partial charge < -0.3 is 10.1 Å². The van der Waals surface area contributed by atoms with Crippen LogP contribution in [0.25, 0.3) is 0 Å². The van der Waals surface area contributed by atoms with Crippen LogP contribution in [-0.2, 0) is 11.2 Å². The Balaban J connectivity index is 2.63. The molecular weight excluding hydrogens is 248 g/mol. The SMILES string of the molecule is CCC(C)(CNCCOC)Cc1ccc(F)cc1F. The maximum Gasteiger partial charge on any atom is 0.129 e. The highest BCUT2D eigenvalue weighted by Crippen LogP contribution is 2.27. The summed E-state index contributed by atoms with van der Waals surface area (Å²) in [5.74, 6) is -0.991. The van der Waals surface area contributed by atoms with Crippen LogP contribution >= 0.6 is 0 Å². The molecule has 0 fully saturated rings. The van der Waals surface area contributed by atoms with Gasteiger partial charge in [0, 0.05) is 26.3 Å². The predicted octanol–water partition coefficient (Wildman–Crippen LogP) is 3.16. The number of hydrogen-bond acceptors (Lipinski definition) is 2. The van der Waals surface area contributed by atoms with Gasteiger partial charge in [0.25, 0.3) is 0 Å². The molecule has 0 saturated heterocycles. The molecule has 0 aliphatic rings. The van der Waals surface area contributed by atoms with Gasteiger partial charge in [0.2, 0.25) is 0 Å². The van der Waals surface area contributed by atoms with Crippen LogP contribution in [0, 0.1) is 17.0 Å². The van der Waals surface area contributed by atoms with E-state index in [1.54, 1.807) is 7.11 Å². The lowest BCUT2D eigenvalue weighted by Crippen LogP contribution is -2.35. The van der Waals surface area contributed by atoms with Gasteiger partial charge in [-0.15, -0.1) is 0 Å². The third kappa shape index (κ3) is 5.25. The van der Waals surface area contributed by atoms with Gasteiger partial charge in [-0.2, -0.15) is 0 Å². The Morgan fingerprint density at radius 1 is 1.32 bits per heavy atom. The van der Waals surface area contributed by atoms with Crippen molar-refractivity contribution < 1.29 is 13.5 Å². The van der Waals surface area contributed by atoms with Crippen molar-refractivity contribution in [3.8, 4) is 0 Å². The number of ether oxygens (including phenoxy) is 1. The van der Waals surface area contributed by atoms with E-state index in [4.69, 9.17) is 4.74 Å². The van der Waals surface area contributed by atoms with Crippen molar-refractivity contribution in [2.24, 2.45) is 5.41 Å². The highest BCUT2D eigenvalue weighted by molar-refractivity contribution is 5.20. The van der Waals surface area contributed by atoms with Crippen LogP contribution < -0.4 is 5.32 Å². The average molecular weight is 271 g/mol. The fraction of sp³-hybridized carbons (Fsp3) is 0.600. The second-order valence-electron chi connectivity index (χ2n) is 5.25. The van der Waals surface area contributed by atoms with Crippen molar-refractivity contribution in [3.63, 3.8) is 0 Å². The summed E-state index contributed by atoms with van der Waals surface area (Å²) < 4.78 is 31.5. The number of rotatable bonds is 8. The summed E-state index contributed by atoms with van der Waals surface area (Å²) in [6.07, 6.45) is 1.51. The highest BCUT2D eigenvalue weighted by Gasteiger charge is 2.23. The molecule has 0 aromatic heterocycles. The second-order valence-corrected chi connectivity index (χ2v) is 5.25. The first-order valence-corrected chi connectivity index (χ1v) is 6.64. The van der Waals surface area contributed by atoms with Crippen LogP contribution in [-0.4, -0.2) is 26.8 Å². The van der Waals surface area contributed by atoms with Gasteiger partial charge in [0.15, 0.2) is 0 Å². The first kappa shape index (κ1) is 16.1. The third-order valence-electron chi connectivity index (χ3n) is 3.52. The van der Waals surface area contributed by atoms with E-state index in [-0.39, 0.29) is 5.41 Å². The van der Waals surface area contributed by atoms with E-state index in [0.717, 1.165) is 25.6 Å². The van der Waals surface area contributed by atoms with E-state index < -0.39 is 11.6 Å². The zero-order valence-electron chi connectivity index (χ0n) is 11.9. The molecule has 1 N–H and O–H groups in total. The van der Waals surface area contributed by atoms with Crippen LogP contribution in [0.3, 0.4) is 0 Å². The Morgan fingerprint density at radius 3 is 2.63 bits per heavy atom. The minimum absolute atomic E-state index is 0.0492. The first-order chi connectivity index (χ1) is 9.00. The molecule has 1 rings (SSSR count). The first-order valence-electron chi connectivity index (χ1n) is 6.64. The smallest absolute Gasteiger partial charge is 0.129 e. The minimum atomic E-state index is -0.530. The van der Waals surface area contributed by atoms with Gasteiger partial charge in [-0.3, -0.25) is 0 Å². The lowest BCUT2D eigenvalue weighted by Gasteiger charge is -2.29. The van der Waals surface area contributed by atoms with Crippen molar-refractivity contribution in [2.45, 2.75) is 26.7 Å². The standard InChI is InChI=1S/C15H23F2NO/c1-4-15(2,11-18-7-8-19-3)10-12-5-6-13(16)9-14(12)17/h5-6,9,18H,4,7-8,10-11H2,1-3H3. The lowest BCUT2D eigenvalue weighted by atomic mass is 9.81. The van der Waals surface area contributed by atoms with Crippen LogP contribution in [0.1, 0.15) is 25.8 Å². The summed E-state index contributed by atoms with van der Waals surface area (Å²) in [4.78, 5) is 0. The van der Waals surface area contributed by atoms with Gasteiger partial charge in [-0.05, 0) is 29.9 Å². The molecule has 1 atom stereocenters. The quantitative estimate of drug-likeness (QED) is 0.733. The van der Waals surface area contributed by atoms with Gasteiger partial charge >= 0.3 is 0 Å². The summed E-state index contributed by atoms with van der Waals surface area (Å²) >= 11 is 0. The van der Waals surface area contributed by atoms with Crippen molar-refractivity contribution in [1.82, 2.24) is 5.32 Å². The second kappa shape index (κ2) is 7.56. The normalized spacial score (nSPS) is 14.4. The Labute approximate surface area is 114 Å². The molecule has 1 unspecified atom stereocenters. The number of halogens is 2. The molecule has 0 aliphatic heterocycles. The molecule has 4 heteroatoms. The van der Waals surface area contributed by atoms with Crippen molar-refractivity contribution in [2.75, 3.05) is 26.8 Å². The summed E-state index contributed by atoms with van der Waals surface area (Å²) in [5.41, 5.74) is 0.520. The molecule has 0 aliphatic carbocycles. The molecule has 2 nitrogen and oxygen atoms in total. The molecule has 0 radical (unpaired) electrons. The minimum Gasteiger partial charge on any atom is -0.383 e. The van der Waals surface area contributed by atoms with E-state index in [1.807, 2.05) is 0 Å². The summed E-state index contributed by atoms with van der Waals surface area (Å²) in [5, 5.41) is 3.31. The Hall–Kier alpha value is -1.00. The number of methoxy groups -OCH3 is 1. The maximum absolute atomic E-state index is 13.7. The van der Waals surface area contributed by atoms with Crippen LogP contribution in [0.4, 0.5) is 8.78 Å². The van der Waals surface area contributed by atoms with Crippen molar-refractivity contribution in [1.29, 1.82) is 0 Å².